The number of benzene rings is 2. The second-order valence-electron chi connectivity index (χ2n) is 9.23. The second-order valence-corrected chi connectivity index (χ2v) is 10.9. The molecule has 2 aromatic carbocycles. The van der Waals surface area contributed by atoms with Crippen LogP contribution in [0, 0.1) is 0 Å². The number of allylic oxidation sites excluding steroid dienone is 1. The van der Waals surface area contributed by atoms with E-state index in [4.69, 9.17) is 32.7 Å². The molecule has 0 aliphatic rings. The molecule has 0 aliphatic carbocycles. The number of carbonyl (C=O) groups excluding carboxylic acids is 2. The third-order valence-electron chi connectivity index (χ3n) is 6.31. The van der Waals surface area contributed by atoms with Gasteiger partial charge in [-0.2, -0.15) is 0 Å². The van der Waals surface area contributed by atoms with Gasteiger partial charge in [0.15, 0.2) is 10.9 Å². The van der Waals surface area contributed by atoms with Gasteiger partial charge in [0.25, 0.3) is 5.91 Å². The van der Waals surface area contributed by atoms with Crippen molar-refractivity contribution in [1.29, 1.82) is 0 Å². The van der Waals surface area contributed by atoms with Gasteiger partial charge in [0.2, 0.25) is 0 Å². The van der Waals surface area contributed by atoms with Crippen molar-refractivity contribution in [2.24, 2.45) is 0 Å². The summed E-state index contributed by atoms with van der Waals surface area (Å²) in [6.07, 6.45) is 6.07. The fraction of sp³-hybridized carbons (Fsp3) is 0.367. The van der Waals surface area contributed by atoms with Crippen molar-refractivity contribution in [3.63, 3.8) is 0 Å². The second kappa shape index (κ2) is 14.6. The van der Waals surface area contributed by atoms with Crippen LogP contribution < -0.4 is 10.1 Å². The minimum absolute atomic E-state index is 0.0879. The van der Waals surface area contributed by atoms with E-state index in [9.17, 15) is 9.59 Å². The molecule has 39 heavy (non-hydrogen) atoms. The van der Waals surface area contributed by atoms with E-state index in [1.165, 1.54) is 43.2 Å². The monoisotopic (exact) mass is 588 g/mol. The molecule has 6 nitrogen and oxygen atoms in total. The predicted octanol–water partition coefficient (Wildman–Crippen LogP) is 9.03. The zero-order valence-corrected chi connectivity index (χ0v) is 25.2. The van der Waals surface area contributed by atoms with Gasteiger partial charge >= 0.3 is 0 Å². The molecule has 0 unspecified atom stereocenters. The average molecular weight is 590 g/mol. The first-order valence-corrected chi connectivity index (χ1v) is 14.5. The first-order valence-electron chi connectivity index (χ1n) is 12.9. The Kier molecular flexibility index (Phi) is 11.5. The van der Waals surface area contributed by atoms with Gasteiger partial charge < -0.3 is 9.47 Å². The van der Waals surface area contributed by atoms with Gasteiger partial charge in [-0.15, -0.1) is 11.3 Å². The molecule has 0 spiro atoms. The zero-order valence-electron chi connectivity index (χ0n) is 22.9. The number of unbranched alkanes of at least 4 members (excludes halogenated alkanes) is 3. The number of ketones is 1. The van der Waals surface area contributed by atoms with E-state index >= 15 is 0 Å². The summed E-state index contributed by atoms with van der Waals surface area (Å²) < 4.78 is 11.9. The van der Waals surface area contributed by atoms with Crippen LogP contribution in [-0.4, -0.2) is 30.4 Å². The molecule has 3 aromatic rings. The normalized spacial score (nSPS) is 12.3. The van der Waals surface area contributed by atoms with Gasteiger partial charge in [0.1, 0.15) is 5.75 Å². The number of carbonyl (C=O) groups is 2. The maximum Gasteiger partial charge on any atom is 0.257 e. The number of hydrogen-bond acceptors (Lipinski definition) is 6. The third-order valence-corrected chi connectivity index (χ3v) is 7.69. The van der Waals surface area contributed by atoms with Crippen LogP contribution in [-0.2, 0) is 9.53 Å². The fourth-order valence-electron chi connectivity index (χ4n) is 3.98. The highest BCUT2D eigenvalue weighted by molar-refractivity contribution is 7.14. The molecule has 1 heterocycles. The summed E-state index contributed by atoms with van der Waals surface area (Å²) in [5.74, 6) is 0.212. The van der Waals surface area contributed by atoms with Crippen LogP contribution in [0.4, 0.5) is 5.13 Å². The highest BCUT2D eigenvalue weighted by Crippen LogP contribution is 2.38. The number of hydrogen-bond donors (Lipinski definition) is 1. The summed E-state index contributed by atoms with van der Waals surface area (Å²) in [6, 6.07) is 8.93. The molecule has 3 rings (SSSR count). The number of nitrogens with one attached hydrogen (secondary N) is 1. The topological polar surface area (TPSA) is 77.5 Å². The lowest BCUT2D eigenvalue weighted by Crippen LogP contribution is -2.12. The summed E-state index contributed by atoms with van der Waals surface area (Å²) in [5, 5.41) is 5.66. The van der Waals surface area contributed by atoms with Gasteiger partial charge in [-0.3, -0.25) is 14.9 Å². The van der Waals surface area contributed by atoms with Gasteiger partial charge in [0.05, 0.1) is 29.0 Å². The highest BCUT2D eigenvalue weighted by Gasteiger charge is 2.19. The molecule has 1 aromatic heterocycles. The van der Waals surface area contributed by atoms with Crippen molar-refractivity contribution in [3.8, 4) is 17.0 Å². The van der Waals surface area contributed by atoms with Gasteiger partial charge in [0, 0.05) is 34.2 Å². The standard InChI is InChI=1S/C30H34Cl2N2O4S/c1-6-7-8-9-13-38-20(4)22-11-10-12-23(28(22)37-5)27-17-39-30(33-27)34-29(36)21-15-25(31)24(26(32)16-21)14-18(2)19(3)35/h10-12,14-17,20H,6-9,13H2,1-5H3,(H,33,34,36)/b18-14+/t20-/m0/s1. The number of amides is 1. The number of para-hydroxylation sites is 1. The van der Waals surface area contributed by atoms with Crippen LogP contribution in [0.15, 0.2) is 41.3 Å². The molecule has 1 N–H and O–H groups in total. The minimum atomic E-state index is -0.399. The fourth-order valence-corrected chi connectivity index (χ4v) is 5.28. The first-order chi connectivity index (χ1) is 18.7. The summed E-state index contributed by atoms with van der Waals surface area (Å²) in [4.78, 5) is 29.2. The van der Waals surface area contributed by atoms with Crippen LogP contribution in [0.1, 0.15) is 81.0 Å². The van der Waals surface area contributed by atoms with Crippen molar-refractivity contribution >= 4 is 57.4 Å². The van der Waals surface area contributed by atoms with Crippen LogP contribution in [0.25, 0.3) is 17.3 Å². The lowest BCUT2D eigenvalue weighted by molar-refractivity contribution is -0.113. The average Bonchev–Trinajstić information content (AvgIpc) is 3.37. The number of rotatable bonds is 13. The smallest absolute Gasteiger partial charge is 0.257 e. The van der Waals surface area contributed by atoms with Crippen molar-refractivity contribution in [3.05, 3.63) is 68.0 Å². The Morgan fingerprint density at radius 2 is 1.85 bits per heavy atom. The number of ether oxygens (including phenoxy) is 2. The van der Waals surface area contributed by atoms with E-state index in [1.54, 1.807) is 20.1 Å². The van der Waals surface area contributed by atoms with Crippen molar-refractivity contribution in [2.75, 3.05) is 19.0 Å². The van der Waals surface area contributed by atoms with Crippen molar-refractivity contribution < 1.29 is 19.1 Å². The Labute approximate surface area is 244 Å². The maximum absolute atomic E-state index is 13.0. The Hall–Kier alpha value is -2.71. The van der Waals surface area contributed by atoms with Crippen LogP contribution in [0.3, 0.4) is 0 Å². The van der Waals surface area contributed by atoms with Gasteiger partial charge in [-0.25, -0.2) is 4.98 Å². The van der Waals surface area contributed by atoms with Gasteiger partial charge in [-0.1, -0.05) is 61.5 Å². The van der Waals surface area contributed by atoms with E-state index < -0.39 is 5.91 Å². The summed E-state index contributed by atoms with van der Waals surface area (Å²) >= 11 is 14.1. The molecule has 208 valence electrons. The number of Topliss-reactive ketones (excluding diaryl/α,β-unsaturated/α-hetero) is 1. The number of aromatic nitrogens is 1. The van der Waals surface area contributed by atoms with Crippen molar-refractivity contribution in [2.45, 2.75) is 59.5 Å². The lowest BCUT2D eigenvalue weighted by Gasteiger charge is -2.18. The van der Waals surface area contributed by atoms with Crippen molar-refractivity contribution in [1.82, 2.24) is 4.98 Å². The first kappa shape index (κ1) is 30.8. The molecule has 1 amide bonds. The van der Waals surface area contributed by atoms with E-state index in [0.29, 0.717) is 34.3 Å². The quantitative estimate of drug-likeness (QED) is 0.159. The highest BCUT2D eigenvalue weighted by atomic mass is 35.5. The lowest BCUT2D eigenvalue weighted by atomic mass is 10.0. The Morgan fingerprint density at radius 3 is 2.49 bits per heavy atom. The molecule has 9 heteroatoms. The third kappa shape index (κ3) is 8.15. The van der Waals surface area contributed by atoms with E-state index in [2.05, 4.69) is 17.2 Å². The molecule has 0 saturated carbocycles. The van der Waals surface area contributed by atoms with E-state index in [-0.39, 0.29) is 27.5 Å². The number of nitrogens with zero attached hydrogens (tertiary/aromatic N) is 1. The summed E-state index contributed by atoms with van der Waals surface area (Å²) in [6.45, 7) is 8.06. The summed E-state index contributed by atoms with van der Waals surface area (Å²) in [7, 11) is 1.63. The molecule has 0 saturated heterocycles. The van der Waals surface area contributed by atoms with Gasteiger partial charge in [-0.05, 0) is 57.0 Å². The molecular formula is C30H34Cl2N2O4S. The van der Waals surface area contributed by atoms with Crippen LogP contribution in [0.2, 0.25) is 10.0 Å². The number of methoxy groups -OCH3 is 1. The van der Waals surface area contributed by atoms with Crippen LogP contribution >= 0.6 is 34.5 Å². The molecule has 0 radical (unpaired) electrons. The molecule has 0 aliphatic heterocycles. The maximum atomic E-state index is 13.0. The number of halogens is 2. The predicted molar refractivity (Wildman–Crippen MR) is 161 cm³/mol. The van der Waals surface area contributed by atoms with E-state index in [1.807, 2.05) is 30.5 Å². The number of anilines is 1. The molecular weight excluding hydrogens is 555 g/mol. The minimum Gasteiger partial charge on any atom is -0.496 e. The number of thiazole rings is 1. The SMILES string of the molecule is CCCCCCO[C@@H](C)c1cccc(-c2csc(NC(=O)c3cc(Cl)c(/C=C(\C)C(C)=O)c(Cl)c3)n2)c1OC. The molecule has 0 bridgehead atoms. The van der Waals surface area contributed by atoms with Crippen LogP contribution in [0.5, 0.6) is 5.75 Å². The molecule has 1 atom stereocenters. The Balaban J connectivity index is 1.77. The largest absolute Gasteiger partial charge is 0.496 e. The van der Waals surface area contributed by atoms with E-state index in [0.717, 1.165) is 24.0 Å². The Morgan fingerprint density at radius 1 is 1.13 bits per heavy atom. The Bertz CT molecular complexity index is 1330. The summed E-state index contributed by atoms with van der Waals surface area (Å²) in [5.41, 5.74) is 3.73. The zero-order chi connectivity index (χ0) is 28.5. The molecule has 0 fully saturated rings.